The van der Waals surface area contributed by atoms with Crippen molar-refractivity contribution in [1.82, 2.24) is 5.32 Å². The Hall–Kier alpha value is -1.81. The zero-order valence-electron chi connectivity index (χ0n) is 10.1. The van der Waals surface area contributed by atoms with Crippen LogP contribution in [0.2, 0.25) is 0 Å². The van der Waals surface area contributed by atoms with E-state index in [2.05, 4.69) is 17.9 Å². The van der Waals surface area contributed by atoms with Gasteiger partial charge >= 0.3 is 17.9 Å². The van der Waals surface area contributed by atoms with Gasteiger partial charge in [0.05, 0.1) is 11.7 Å². The van der Waals surface area contributed by atoms with E-state index >= 15 is 0 Å². The third kappa shape index (κ3) is 14.1. The van der Waals surface area contributed by atoms with Gasteiger partial charge in [-0.25, -0.2) is 0 Å². The van der Waals surface area contributed by atoms with Crippen LogP contribution < -0.4 is 11.1 Å². The van der Waals surface area contributed by atoms with Gasteiger partial charge in [0, 0.05) is 0 Å². The van der Waals surface area contributed by atoms with Gasteiger partial charge in [0.15, 0.2) is 0 Å². The molecular formula is C9H16N2O7S. The van der Waals surface area contributed by atoms with E-state index in [1.165, 1.54) is 0 Å². The lowest BCUT2D eigenvalue weighted by molar-refractivity contribution is -0.144. The molecule has 19 heavy (non-hydrogen) atoms. The van der Waals surface area contributed by atoms with Crippen molar-refractivity contribution in [1.29, 1.82) is 0 Å². The van der Waals surface area contributed by atoms with Crippen molar-refractivity contribution in [2.24, 2.45) is 5.73 Å². The number of hydrogen-bond donors (Lipinski definition) is 6. The summed E-state index contributed by atoms with van der Waals surface area (Å²) in [6, 6.07) is -1.29. The van der Waals surface area contributed by atoms with Crippen molar-refractivity contribution in [3.05, 3.63) is 0 Å². The summed E-state index contributed by atoms with van der Waals surface area (Å²) in [4.78, 5) is 40.1. The summed E-state index contributed by atoms with van der Waals surface area (Å²) in [5.74, 6) is -3.92. The fraction of sp³-hybridized carbons (Fsp3) is 0.556. The fourth-order valence-corrected chi connectivity index (χ4v) is 0.677. The Labute approximate surface area is 114 Å². The monoisotopic (exact) mass is 296 g/mol. The van der Waals surface area contributed by atoms with Gasteiger partial charge in [0.2, 0.25) is 5.91 Å². The summed E-state index contributed by atoms with van der Waals surface area (Å²) in [7, 11) is 0. The Balaban J connectivity index is 0. The maximum atomic E-state index is 10.6. The van der Waals surface area contributed by atoms with Crippen molar-refractivity contribution in [2.75, 3.05) is 6.54 Å². The van der Waals surface area contributed by atoms with Gasteiger partial charge in [-0.15, -0.1) is 0 Å². The Bertz CT molecular complexity index is 345. The van der Waals surface area contributed by atoms with Crippen molar-refractivity contribution < 1.29 is 34.5 Å². The van der Waals surface area contributed by atoms with Crippen LogP contribution in [0.1, 0.15) is 13.3 Å². The Kier molecular flexibility index (Phi) is 10.4. The van der Waals surface area contributed by atoms with Crippen LogP contribution in [0, 0.1) is 0 Å². The number of aliphatic carboxylic acids is 3. The van der Waals surface area contributed by atoms with Gasteiger partial charge in [-0.05, 0) is 6.92 Å². The van der Waals surface area contributed by atoms with Gasteiger partial charge in [0.1, 0.15) is 12.6 Å². The van der Waals surface area contributed by atoms with Crippen LogP contribution in [0.25, 0.3) is 0 Å². The van der Waals surface area contributed by atoms with E-state index in [0.717, 1.165) is 0 Å². The number of thiol groups is 1. The van der Waals surface area contributed by atoms with Crippen LogP contribution in [-0.4, -0.2) is 57.0 Å². The predicted molar refractivity (Wildman–Crippen MR) is 67.0 cm³/mol. The van der Waals surface area contributed by atoms with Crippen molar-refractivity contribution in [3.63, 3.8) is 0 Å². The Morgan fingerprint density at radius 1 is 1.16 bits per heavy atom. The summed E-state index contributed by atoms with van der Waals surface area (Å²) >= 11 is 3.79. The molecule has 1 unspecified atom stereocenters. The molecule has 6 N–H and O–H groups in total. The van der Waals surface area contributed by atoms with E-state index in [-0.39, 0.29) is 12.5 Å². The standard InChI is InChI=1S/C5H9NO3S.C4H7NO4/c1-3(10)5(9)6-2-4(7)8;5-2(4(8)9)1-3(6)7/h3,10H,2H2,1H3,(H,6,9)(H,7,8);2H,1,5H2,(H,6,7)(H,8,9)/t;2-/m.0/s1. The highest BCUT2D eigenvalue weighted by atomic mass is 32.1. The highest BCUT2D eigenvalue weighted by molar-refractivity contribution is 7.81. The summed E-state index contributed by atoms with van der Waals surface area (Å²) < 4.78 is 0. The molecule has 1 amide bonds. The number of nitrogens with two attached hydrogens (primary N) is 1. The molecule has 0 aliphatic heterocycles. The first-order valence-electron chi connectivity index (χ1n) is 4.95. The maximum absolute atomic E-state index is 10.6. The Morgan fingerprint density at radius 3 is 1.84 bits per heavy atom. The molecule has 0 fully saturated rings. The molecule has 0 aliphatic rings. The molecule has 2 atom stereocenters. The highest BCUT2D eigenvalue weighted by Crippen LogP contribution is 1.89. The molecule has 0 saturated carbocycles. The SMILES string of the molecule is CC(S)C(=O)NCC(=O)O.N[C@@H](CC(=O)O)C(=O)O. The third-order valence-corrected chi connectivity index (χ3v) is 1.74. The smallest absolute Gasteiger partial charge is 0.322 e. The molecule has 0 rings (SSSR count). The number of carbonyl (C=O) groups is 4. The van der Waals surface area contributed by atoms with Crippen molar-refractivity contribution in [3.8, 4) is 0 Å². The highest BCUT2D eigenvalue weighted by Gasteiger charge is 2.14. The molecule has 0 spiro atoms. The average Bonchev–Trinajstić information content (AvgIpc) is 2.25. The second-order valence-corrected chi connectivity index (χ2v) is 4.10. The van der Waals surface area contributed by atoms with Gasteiger partial charge in [0.25, 0.3) is 0 Å². The topological polar surface area (TPSA) is 167 Å². The minimum Gasteiger partial charge on any atom is -0.481 e. The molecule has 0 aromatic rings. The fourth-order valence-electron chi connectivity index (χ4n) is 0.586. The molecule has 10 heteroatoms. The lowest BCUT2D eigenvalue weighted by Gasteiger charge is -2.02. The van der Waals surface area contributed by atoms with E-state index in [0.29, 0.717) is 0 Å². The van der Waals surface area contributed by atoms with Crippen LogP contribution in [0.15, 0.2) is 0 Å². The van der Waals surface area contributed by atoms with Crippen LogP contribution in [0.4, 0.5) is 0 Å². The van der Waals surface area contributed by atoms with Gasteiger partial charge in [-0.1, -0.05) is 0 Å². The van der Waals surface area contributed by atoms with Crippen LogP contribution >= 0.6 is 12.6 Å². The quantitative estimate of drug-likeness (QED) is 0.318. The number of hydrogen-bond acceptors (Lipinski definition) is 6. The van der Waals surface area contributed by atoms with Gasteiger partial charge in [-0.2, -0.15) is 12.6 Å². The summed E-state index contributed by atoms with van der Waals surface area (Å²) in [6.07, 6.45) is -0.532. The average molecular weight is 296 g/mol. The molecule has 0 aliphatic carbocycles. The third-order valence-electron chi connectivity index (χ3n) is 1.51. The van der Waals surface area contributed by atoms with Crippen molar-refractivity contribution >= 4 is 36.4 Å². The molecule has 9 nitrogen and oxygen atoms in total. The van der Waals surface area contributed by atoms with Crippen LogP contribution in [0.3, 0.4) is 0 Å². The Morgan fingerprint density at radius 2 is 1.63 bits per heavy atom. The summed E-state index contributed by atoms with van der Waals surface area (Å²) in [5, 5.41) is 25.8. The van der Waals surface area contributed by atoms with E-state index < -0.39 is 35.6 Å². The molecule has 0 heterocycles. The van der Waals surface area contributed by atoms with Gasteiger partial charge < -0.3 is 26.4 Å². The molecule has 110 valence electrons. The molecular weight excluding hydrogens is 280 g/mol. The largest absolute Gasteiger partial charge is 0.481 e. The van der Waals surface area contributed by atoms with Gasteiger partial charge in [-0.3, -0.25) is 19.2 Å². The minimum absolute atomic E-state index is 0.344. The number of nitrogens with one attached hydrogen (secondary N) is 1. The summed E-state index contributed by atoms with van der Waals surface area (Å²) in [6.45, 7) is 1.23. The molecule has 0 aromatic carbocycles. The molecule has 0 radical (unpaired) electrons. The zero-order chi connectivity index (χ0) is 15.6. The van der Waals surface area contributed by atoms with Crippen molar-refractivity contribution in [2.45, 2.75) is 24.6 Å². The van der Waals surface area contributed by atoms with Crippen LogP contribution in [0.5, 0.6) is 0 Å². The number of carboxylic acid groups (broad SMARTS) is 3. The lowest BCUT2D eigenvalue weighted by Crippen LogP contribution is -2.33. The molecule has 0 aromatic heterocycles. The number of amides is 1. The van der Waals surface area contributed by atoms with E-state index in [1.54, 1.807) is 6.92 Å². The summed E-state index contributed by atoms with van der Waals surface area (Å²) in [5.41, 5.74) is 4.84. The lowest BCUT2D eigenvalue weighted by atomic mass is 10.2. The maximum Gasteiger partial charge on any atom is 0.322 e. The normalized spacial score (nSPS) is 12.4. The first kappa shape index (κ1) is 19.5. The van der Waals surface area contributed by atoms with E-state index in [1.807, 2.05) is 0 Å². The number of rotatable bonds is 6. The van der Waals surface area contributed by atoms with E-state index in [9.17, 15) is 19.2 Å². The molecule has 0 bridgehead atoms. The molecule has 0 saturated heterocycles. The number of carboxylic acids is 3. The second-order valence-electron chi connectivity index (χ2n) is 3.33. The predicted octanol–water partition coefficient (Wildman–Crippen LogP) is -1.62. The zero-order valence-corrected chi connectivity index (χ0v) is 11.0. The number of carbonyl (C=O) groups excluding carboxylic acids is 1. The minimum atomic E-state index is -1.29. The van der Waals surface area contributed by atoms with E-state index in [4.69, 9.17) is 21.1 Å². The first-order chi connectivity index (χ1) is 8.57. The first-order valence-corrected chi connectivity index (χ1v) is 5.47. The second kappa shape index (κ2) is 10.1. The van der Waals surface area contributed by atoms with Crippen LogP contribution in [-0.2, 0) is 19.2 Å².